The molecule has 0 radical (unpaired) electrons. The fourth-order valence-corrected chi connectivity index (χ4v) is 3.26. The van der Waals surface area contributed by atoms with Crippen LogP contribution in [0.2, 0.25) is 0 Å². The van der Waals surface area contributed by atoms with Gasteiger partial charge in [-0.15, -0.1) is 0 Å². The molecule has 0 fully saturated rings. The predicted molar refractivity (Wildman–Crippen MR) is 122 cm³/mol. The van der Waals surface area contributed by atoms with Gasteiger partial charge in [0.15, 0.2) is 0 Å². The standard InChI is InChI=1S/C25H22N4O2/c1-17-11-13-22(14-12-17)29-16-23(24(28-29)19-7-4-3-5-8-19)25(31)27-21-10-6-9-20(15-21)26-18(2)30/h3-16H,1-2H3,(H,26,30)(H,27,31). The zero-order valence-electron chi connectivity index (χ0n) is 17.3. The molecule has 4 aromatic rings. The van der Waals surface area contributed by atoms with Gasteiger partial charge >= 0.3 is 0 Å². The zero-order chi connectivity index (χ0) is 21.8. The topological polar surface area (TPSA) is 76.0 Å². The van der Waals surface area contributed by atoms with E-state index in [0.717, 1.165) is 16.8 Å². The van der Waals surface area contributed by atoms with Crippen LogP contribution in [0.3, 0.4) is 0 Å². The summed E-state index contributed by atoms with van der Waals surface area (Å²) in [7, 11) is 0. The summed E-state index contributed by atoms with van der Waals surface area (Å²) in [5, 5.41) is 10.3. The largest absolute Gasteiger partial charge is 0.326 e. The van der Waals surface area contributed by atoms with Crippen LogP contribution in [0.15, 0.2) is 85.1 Å². The highest BCUT2D eigenvalue weighted by atomic mass is 16.2. The van der Waals surface area contributed by atoms with Crippen molar-refractivity contribution < 1.29 is 9.59 Å². The molecule has 0 unspecified atom stereocenters. The molecule has 0 saturated carbocycles. The van der Waals surface area contributed by atoms with Gasteiger partial charge in [-0.05, 0) is 37.3 Å². The quantitative estimate of drug-likeness (QED) is 0.483. The molecule has 154 valence electrons. The second-order valence-corrected chi connectivity index (χ2v) is 7.25. The molecule has 1 heterocycles. The second kappa shape index (κ2) is 8.67. The smallest absolute Gasteiger partial charge is 0.259 e. The molecule has 4 rings (SSSR count). The number of hydrogen-bond donors (Lipinski definition) is 2. The summed E-state index contributed by atoms with van der Waals surface area (Å²) < 4.78 is 1.71. The molecule has 6 nitrogen and oxygen atoms in total. The average molecular weight is 410 g/mol. The molecular formula is C25H22N4O2. The number of amides is 2. The van der Waals surface area contributed by atoms with E-state index in [1.165, 1.54) is 6.92 Å². The Labute approximate surface area is 180 Å². The fraction of sp³-hybridized carbons (Fsp3) is 0.0800. The molecule has 6 heteroatoms. The lowest BCUT2D eigenvalue weighted by Crippen LogP contribution is -2.13. The number of rotatable bonds is 5. The minimum Gasteiger partial charge on any atom is -0.326 e. The Hall–Kier alpha value is -4.19. The first-order valence-electron chi connectivity index (χ1n) is 9.91. The van der Waals surface area contributed by atoms with Crippen LogP contribution >= 0.6 is 0 Å². The Balaban J connectivity index is 1.70. The van der Waals surface area contributed by atoms with Crippen LogP contribution in [0, 0.1) is 6.92 Å². The van der Waals surface area contributed by atoms with Crippen LogP contribution < -0.4 is 10.6 Å². The van der Waals surface area contributed by atoms with E-state index in [0.29, 0.717) is 22.6 Å². The van der Waals surface area contributed by atoms with Gasteiger partial charge in [0.1, 0.15) is 5.69 Å². The summed E-state index contributed by atoms with van der Waals surface area (Å²) in [6, 6.07) is 24.6. The van der Waals surface area contributed by atoms with Gasteiger partial charge in [-0.3, -0.25) is 9.59 Å². The summed E-state index contributed by atoms with van der Waals surface area (Å²) >= 11 is 0. The van der Waals surface area contributed by atoms with Gasteiger partial charge in [0.2, 0.25) is 5.91 Å². The lowest BCUT2D eigenvalue weighted by Gasteiger charge is -2.08. The number of aromatic nitrogens is 2. The maximum atomic E-state index is 13.2. The SMILES string of the molecule is CC(=O)Nc1cccc(NC(=O)c2cn(-c3ccc(C)cc3)nc2-c2ccccc2)c1. The van der Waals surface area contributed by atoms with E-state index in [2.05, 4.69) is 10.6 Å². The van der Waals surface area contributed by atoms with Crippen molar-refractivity contribution in [3.8, 4) is 16.9 Å². The number of nitrogens with zero attached hydrogens (tertiary/aromatic N) is 2. The van der Waals surface area contributed by atoms with Gasteiger partial charge in [0.25, 0.3) is 5.91 Å². The van der Waals surface area contributed by atoms with Crippen LogP contribution in [-0.4, -0.2) is 21.6 Å². The summed E-state index contributed by atoms with van der Waals surface area (Å²) in [5.74, 6) is -0.452. The van der Waals surface area contributed by atoms with E-state index in [-0.39, 0.29) is 11.8 Å². The van der Waals surface area contributed by atoms with Crippen molar-refractivity contribution in [3.05, 3.63) is 96.2 Å². The molecule has 0 aliphatic heterocycles. The van der Waals surface area contributed by atoms with Gasteiger partial charge in [0.05, 0.1) is 11.3 Å². The number of carbonyl (C=O) groups is 2. The number of benzene rings is 3. The summed E-state index contributed by atoms with van der Waals surface area (Å²) in [6.07, 6.45) is 1.74. The van der Waals surface area contributed by atoms with Gasteiger partial charge in [-0.25, -0.2) is 4.68 Å². The molecule has 0 bridgehead atoms. The van der Waals surface area contributed by atoms with Crippen molar-refractivity contribution in [1.82, 2.24) is 9.78 Å². The number of aryl methyl sites for hydroxylation is 1. The lowest BCUT2D eigenvalue weighted by molar-refractivity contribution is -0.114. The molecule has 0 spiro atoms. The van der Waals surface area contributed by atoms with Crippen LogP contribution in [0.4, 0.5) is 11.4 Å². The minimum absolute atomic E-state index is 0.172. The van der Waals surface area contributed by atoms with Crippen molar-refractivity contribution in [2.75, 3.05) is 10.6 Å². The highest BCUT2D eigenvalue weighted by molar-refractivity contribution is 6.08. The first-order valence-corrected chi connectivity index (χ1v) is 9.91. The molecule has 1 aromatic heterocycles. The van der Waals surface area contributed by atoms with E-state index in [9.17, 15) is 9.59 Å². The van der Waals surface area contributed by atoms with Crippen LogP contribution in [0.1, 0.15) is 22.8 Å². The average Bonchev–Trinajstić information content (AvgIpc) is 3.20. The molecule has 2 N–H and O–H groups in total. The fourth-order valence-electron chi connectivity index (χ4n) is 3.26. The summed E-state index contributed by atoms with van der Waals surface area (Å²) in [6.45, 7) is 3.47. The van der Waals surface area contributed by atoms with Crippen molar-refractivity contribution in [3.63, 3.8) is 0 Å². The van der Waals surface area contributed by atoms with E-state index >= 15 is 0 Å². The van der Waals surface area contributed by atoms with Crippen molar-refractivity contribution >= 4 is 23.2 Å². The third-order valence-electron chi connectivity index (χ3n) is 4.75. The Morgan fingerprint density at radius 3 is 2.19 bits per heavy atom. The maximum Gasteiger partial charge on any atom is 0.259 e. The van der Waals surface area contributed by atoms with Gasteiger partial charge in [-0.2, -0.15) is 5.10 Å². The Bertz CT molecular complexity index is 1230. The number of anilines is 2. The molecule has 3 aromatic carbocycles. The Morgan fingerprint density at radius 1 is 0.839 bits per heavy atom. The third kappa shape index (κ3) is 4.70. The number of carbonyl (C=O) groups excluding carboxylic acids is 2. The van der Waals surface area contributed by atoms with Crippen molar-refractivity contribution in [1.29, 1.82) is 0 Å². The Kier molecular flexibility index (Phi) is 5.62. The Morgan fingerprint density at radius 2 is 1.52 bits per heavy atom. The van der Waals surface area contributed by atoms with E-state index in [1.54, 1.807) is 35.1 Å². The van der Waals surface area contributed by atoms with E-state index in [1.807, 2.05) is 61.5 Å². The first kappa shape index (κ1) is 20.1. The monoisotopic (exact) mass is 410 g/mol. The highest BCUT2D eigenvalue weighted by Gasteiger charge is 2.19. The van der Waals surface area contributed by atoms with E-state index < -0.39 is 0 Å². The predicted octanol–water partition coefficient (Wildman–Crippen LogP) is 5.06. The van der Waals surface area contributed by atoms with Crippen molar-refractivity contribution in [2.24, 2.45) is 0 Å². The van der Waals surface area contributed by atoms with Gasteiger partial charge in [-0.1, -0.05) is 54.1 Å². The van der Waals surface area contributed by atoms with Crippen LogP contribution in [0.5, 0.6) is 0 Å². The van der Waals surface area contributed by atoms with E-state index in [4.69, 9.17) is 5.10 Å². The number of nitrogens with one attached hydrogen (secondary N) is 2. The molecule has 2 amide bonds. The zero-order valence-corrected chi connectivity index (χ0v) is 17.3. The van der Waals surface area contributed by atoms with Crippen LogP contribution in [0.25, 0.3) is 16.9 Å². The van der Waals surface area contributed by atoms with Crippen LogP contribution in [-0.2, 0) is 4.79 Å². The van der Waals surface area contributed by atoms with Gasteiger partial charge in [0, 0.05) is 30.1 Å². The lowest BCUT2D eigenvalue weighted by atomic mass is 10.1. The highest BCUT2D eigenvalue weighted by Crippen LogP contribution is 2.25. The third-order valence-corrected chi connectivity index (χ3v) is 4.75. The van der Waals surface area contributed by atoms with Crippen molar-refractivity contribution in [2.45, 2.75) is 13.8 Å². The summed E-state index contributed by atoms with van der Waals surface area (Å²) in [5.41, 5.74) is 5.12. The normalized spacial score (nSPS) is 10.5. The summed E-state index contributed by atoms with van der Waals surface area (Å²) in [4.78, 5) is 24.5. The molecule has 0 aliphatic rings. The second-order valence-electron chi connectivity index (χ2n) is 7.25. The molecule has 31 heavy (non-hydrogen) atoms. The molecular weight excluding hydrogens is 388 g/mol. The first-order chi connectivity index (χ1) is 15.0. The van der Waals surface area contributed by atoms with Gasteiger partial charge < -0.3 is 10.6 Å². The molecule has 0 atom stereocenters. The number of hydrogen-bond acceptors (Lipinski definition) is 3. The molecule has 0 saturated heterocycles. The molecule has 0 aliphatic carbocycles. The maximum absolute atomic E-state index is 13.2. The minimum atomic E-state index is -0.280.